The quantitative estimate of drug-likeness (QED) is 0.637. The minimum atomic E-state index is -3.18. The van der Waals surface area contributed by atoms with Gasteiger partial charge in [-0.25, -0.2) is 22.7 Å². The smallest absolute Gasteiger partial charge is 0.211 e. The van der Waals surface area contributed by atoms with Crippen molar-refractivity contribution in [3.8, 4) is 11.4 Å². The number of hydrogen-bond donors (Lipinski definition) is 0. The summed E-state index contributed by atoms with van der Waals surface area (Å²) in [6.45, 7) is 2.46. The van der Waals surface area contributed by atoms with Gasteiger partial charge < -0.3 is 4.90 Å². The standard InChI is InChI=1S/C20H23N5O2S2/c1-29(26,27)25-10-4-9-24(11-12-25)19-17-15-6-2-7-16(15)28-20(17)23-18(22-19)14-5-3-8-21-13-14/h3,5,8,13H,2,4,6-7,9-12H2,1H3. The van der Waals surface area contributed by atoms with Crippen molar-refractivity contribution in [1.82, 2.24) is 19.3 Å². The normalized spacial score (nSPS) is 18.2. The van der Waals surface area contributed by atoms with E-state index in [9.17, 15) is 8.42 Å². The Morgan fingerprint density at radius 2 is 1.97 bits per heavy atom. The van der Waals surface area contributed by atoms with Crippen LogP contribution < -0.4 is 4.90 Å². The van der Waals surface area contributed by atoms with Crippen LogP contribution in [0.1, 0.15) is 23.3 Å². The van der Waals surface area contributed by atoms with Gasteiger partial charge in [0.25, 0.3) is 0 Å². The number of aryl methyl sites for hydroxylation is 2. The van der Waals surface area contributed by atoms with Gasteiger partial charge in [-0.05, 0) is 43.4 Å². The van der Waals surface area contributed by atoms with Crippen LogP contribution in [-0.4, -0.2) is 60.1 Å². The third-order valence-electron chi connectivity index (χ3n) is 5.69. The van der Waals surface area contributed by atoms with Gasteiger partial charge in [0, 0.05) is 49.0 Å². The molecule has 9 heteroatoms. The topological polar surface area (TPSA) is 79.3 Å². The number of thiophene rings is 1. The molecule has 1 aliphatic carbocycles. The summed E-state index contributed by atoms with van der Waals surface area (Å²) in [5, 5.41) is 1.17. The zero-order valence-corrected chi connectivity index (χ0v) is 18.0. The summed E-state index contributed by atoms with van der Waals surface area (Å²) >= 11 is 1.78. The van der Waals surface area contributed by atoms with Crippen LogP contribution in [0.3, 0.4) is 0 Å². The van der Waals surface area contributed by atoms with Crippen LogP contribution in [0.5, 0.6) is 0 Å². The predicted octanol–water partition coefficient (Wildman–Crippen LogP) is 2.71. The maximum Gasteiger partial charge on any atom is 0.211 e. The number of aromatic nitrogens is 3. The van der Waals surface area contributed by atoms with Crippen molar-refractivity contribution >= 4 is 37.4 Å². The Kier molecular flexibility index (Phi) is 4.76. The van der Waals surface area contributed by atoms with Gasteiger partial charge in [0.1, 0.15) is 10.6 Å². The Bertz CT molecular complexity index is 1160. The lowest BCUT2D eigenvalue weighted by atomic mass is 10.1. The summed E-state index contributed by atoms with van der Waals surface area (Å²) < 4.78 is 25.6. The highest BCUT2D eigenvalue weighted by molar-refractivity contribution is 7.88. The van der Waals surface area contributed by atoms with E-state index in [0.29, 0.717) is 25.5 Å². The van der Waals surface area contributed by atoms with Crippen LogP contribution in [0.2, 0.25) is 0 Å². The average Bonchev–Trinajstić information content (AvgIpc) is 3.18. The van der Waals surface area contributed by atoms with Gasteiger partial charge in [-0.2, -0.15) is 0 Å². The molecule has 1 fully saturated rings. The molecule has 0 bridgehead atoms. The summed E-state index contributed by atoms with van der Waals surface area (Å²) in [5.74, 6) is 1.63. The van der Waals surface area contributed by atoms with Crippen LogP contribution in [0.25, 0.3) is 21.6 Å². The molecule has 1 aliphatic heterocycles. The fourth-order valence-corrected chi connectivity index (χ4v) is 6.40. The van der Waals surface area contributed by atoms with Crippen molar-refractivity contribution in [2.45, 2.75) is 25.7 Å². The van der Waals surface area contributed by atoms with Gasteiger partial charge in [0.05, 0.1) is 11.6 Å². The largest absolute Gasteiger partial charge is 0.355 e. The van der Waals surface area contributed by atoms with E-state index in [1.165, 1.54) is 28.5 Å². The first kappa shape index (κ1) is 18.9. The highest BCUT2D eigenvalue weighted by atomic mass is 32.2. The summed E-state index contributed by atoms with van der Waals surface area (Å²) in [4.78, 5) is 18.8. The second-order valence-electron chi connectivity index (χ2n) is 7.65. The second kappa shape index (κ2) is 7.30. The highest BCUT2D eigenvalue weighted by Crippen LogP contribution is 2.41. The van der Waals surface area contributed by atoms with Crippen molar-refractivity contribution in [2.75, 3.05) is 37.3 Å². The van der Waals surface area contributed by atoms with Gasteiger partial charge in [-0.15, -0.1) is 11.3 Å². The number of nitrogens with zero attached hydrogens (tertiary/aromatic N) is 5. The fourth-order valence-electron chi connectivity index (χ4n) is 4.27. The molecule has 152 valence electrons. The molecule has 0 saturated carbocycles. The molecule has 7 nitrogen and oxygen atoms in total. The summed E-state index contributed by atoms with van der Waals surface area (Å²) in [6, 6.07) is 3.87. The molecule has 29 heavy (non-hydrogen) atoms. The first-order chi connectivity index (χ1) is 14.0. The van der Waals surface area contributed by atoms with Crippen LogP contribution in [0.4, 0.5) is 5.82 Å². The highest BCUT2D eigenvalue weighted by Gasteiger charge is 2.27. The van der Waals surface area contributed by atoms with Gasteiger partial charge >= 0.3 is 0 Å². The number of pyridine rings is 1. The van der Waals surface area contributed by atoms with E-state index in [4.69, 9.17) is 9.97 Å². The zero-order valence-electron chi connectivity index (χ0n) is 16.3. The maximum atomic E-state index is 12.0. The SMILES string of the molecule is CS(=O)(=O)N1CCCN(c2nc(-c3cccnc3)nc3sc4c(c23)CCC4)CC1. The number of fused-ring (bicyclic) bond motifs is 3. The third-order valence-corrected chi connectivity index (χ3v) is 8.18. The predicted molar refractivity (Wildman–Crippen MR) is 116 cm³/mol. The van der Waals surface area contributed by atoms with Crippen LogP contribution in [-0.2, 0) is 22.9 Å². The molecule has 1 saturated heterocycles. The summed E-state index contributed by atoms with van der Waals surface area (Å²) in [7, 11) is -3.18. The van der Waals surface area contributed by atoms with Crippen LogP contribution in [0.15, 0.2) is 24.5 Å². The lowest BCUT2D eigenvalue weighted by Gasteiger charge is -2.23. The molecule has 3 aromatic rings. The van der Waals surface area contributed by atoms with Crippen molar-refractivity contribution in [2.24, 2.45) is 0 Å². The summed E-state index contributed by atoms with van der Waals surface area (Å²) in [6.07, 6.45) is 8.98. The minimum Gasteiger partial charge on any atom is -0.355 e. The second-order valence-corrected chi connectivity index (χ2v) is 10.7. The molecule has 4 heterocycles. The molecule has 0 spiro atoms. The van der Waals surface area contributed by atoms with Gasteiger partial charge in [0.2, 0.25) is 10.0 Å². The maximum absolute atomic E-state index is 12.0. The van der Waals surface area contributed by atoms with Crippen LogP contribution in [0, 0.1) is 0 Å². The van der Waals surface area contributed by atoms with E-state index < -0.39 is 10.0 Å². The van der Waals surface area contributed by atoms with E-state index in [2.05, 4.69) is 9.88 Å². The van der Waals surface area contributed by atoms with E-state index in [1.54, 1.807) is 28.0 Å². The molecule has 0 aromatic carbocycles. The molecular formula is C20H23N5O2S2. The lowest BCUT2D eigenvalue weighted by Crippen LogP contribution is -2.34. The minimum absolute atomic E-state index is 0.485. The Morgan fingerprint density at radius 3 is 2.76 bits per heavy atom. The Hall–Kier alpha value is -2.10. The van der Waals surface area contributed by atoms with E-state index in [1.807, 2.05) is 12.1 Å². The fraction of sp³-hybridized carbons (Fsp3) is 0.450. The first-order valence-corrected chi connectivity index (χ1v) is 12.6. The van der Waals surface area contributed by atoms with Gasteiger partial charge in [-0.3, -0.25) is 4.98 Å². The van der Waals surface area contributed by atoms with Crippen molar-refractivity contribution in [3.63, 3.8) is 0 Å². The molecule has 2 aliphatic rings. The first-order valence-electron chi connectivity index (χ1n) is 9.93. The number of hydrogen-bond acceptors (Lipinski definition) is 7. The molecule has 0 unspecified atom stereocenters. The van der Waals surface area contributed by atoms with Gasteiger partial charge in [0.15, 0.2) is 5.82 Å². The Labute approximate surface area is 174 Å². The monoisotopic (exact) mass is 429 g/mol. The van der Waals surface area contributed by atoms with E-state index in [0.717, 1.165) is 42.0 Å². The third kappa shape index (κ3) is 3.51. The molecule has 0 radical (unpaired) electrons. The molecule has 0 atom stereocenters. The molecule has 3 aromatic heterocycles. The van der Waals surface area contributed by atoms with Crippen molar-refractivity contribution in [1.29, 1.82) is 0 Å². The molecule has 5 rings (SSSR count). The zero-order chi connectivity index (χ0) is 20.0. The lowest BCUT2D eigenvalue weighted by molar-refractivity contribution is 0.437. The number of rotatable bonds is 3. The molecular weight excluding hydrogens is 406 g/mol. The van der Waals surface area contributed by atoms with E-state index >= 15 is 0 Å². The van der Waals surface area contributed by atoms with E-state index in [-0.39, 0.29) is 0 Å². The Morgan fingerprint density at radius 1 is 1.07 bits per heavy atom. The van der Waals surface area contributed by atoms with Gasteiger partial charge in [-0.1, -0.05) is 0 Å². The Balaban J connectivity index is 1.61. The average molecular weight is 430 g/mol. The van der Waals surface area contributed by atoms with Crippen molar-refractivity contribution < 1.29 is 8.42 Å². The molecule has 0 amide bonds. The van der Waals surface area contributed by atoms with Crippen molar-refractivity contribution in [3.05, 3.63) is 35.0 Å². The number of sulfonamides is 1. The molecule has 0 N–H and O–H groups in total. The van der Waals surface area contributed by atoms with Crippen LogP contribution >= 0.6 is 11.3 Å². The summed E-state index contributed by atoms with van der Waals surface area (Å²) in [5.41, 5.74) is 2.29. The number of anilines is 1.